The lowest BCUT2D eigenvalue weighted by Crippen LogP contribution is -2.29. The first-order chi connectivity index (χ1) is 5.45. The molecular formula is C6H9F3N2O. The Labute approximate surface area is 67.4 Å². The Morgan fingerprint density at radius 1 is 1.50 bits per heavy atom. The van der Waals surface area contributed by atoms with Gasteiger partial charge in [-0.2, -0.15) is 13.2 Å². The Bertz CT molecular complexity index is 176. The zero-order chi connectivity index (χ0) is 9.61. The quantitative estimate of drug-likeness (QED) is 0.294. The Kier molecular flexibility index (Phi) is 4.35. The van der Waals surface area contributed by atoms with E-state index in [1.165, 1.54) is 0 Å². The van der Waals surface area contributed by atoms with Crippen molar-refractivity contribution in [3.05, 3.63) is 12.2 Å². The van der Waals surface area contributed by atoms with Crippen molar-refractivity contribution in [2.45, 2.75) is 19.0 Å². The molecule has 0 heterocycles. The summed E-state index contributed by atoms with van der Waals surface area (Å²) in [5.74, 6) is 4.21. The molecule has 3 N–H and O–H groups in total. The third-order valence-electron chi connectivity index (χ3n) is 1.01. The van der Waals surface area contributed by atoms with Crippen molar-refractivity contribution >= 4 is 5.91 Å². The molecule has 0 aromatic heterocycles. The second-order valence-corrected chi connectivity index (χ2v) is 2.05. The number of carbonyl (C=O) groups is 1. The minimum Gasteiger partial charge on any atom is -0.294 e. The van der Waals surface area contributed by atoms with Gasteiger partial charge in [0, 0.05) is 12.5 Å². The van der Waals surface area contributed by atoms with Crippen LogP contribution in [0.2, 0.25) is 0 Å². The van der Waals surface area contributed by atoms with Crippen molar-refractivity contribution in [2.75, 3.05) is 0 Å². The molecule has 0 rings (SSSR count). The number of halogens is 3. The van der Waals surface area contributed by atoms with E-state index in [-0.39, 0.29) is 18.9 Å². The van der Waals surface area contributed by atoms with Gasteiger partial charge in [-0.05, 0) is 6.42 Å². The van der Waals surface area contributed by atoms with Crippen molar-refractivity contribution in [3.63, 3.8) is 0 Å². The molecule has 0 saturated carbocycles. The van der Waals surface area contributed by atoms with Crippen LogP contribution in [-0.4, -0.2) is 12.1 Å². The van der Waals surface area contributed by atoms with E-state index in [0.717, 1.165) is 6.08 Å². The van der Waals surface area contributed by atoms with Crippen LogP contribution in [0.15, 0.2) is 12.2 Å². The molecule has 0 fully saturated rings. The van der Waals surface area contributed by atoms with Crippen molar-refractivity contribution < 1.29 is 18.0 Å². The van der Waals surface area contributed by atoms with Gasteiger partial charge in [-0.25, -0.2) is 5.84 Å². The standard InChI is InChI=1S/C6H9F3N2O/c7-6(8,9)4-2-1-3-5(12)11-10/h2,4H,1,3,10H2,(H,11,12). The summed E-state index contributed by atoms with van der Waals surface area (Å²) in [6.45, 7) is 0. The average Bonchev–Trinajstić information content (AvgIpc) is 1.96. The number of nitrogens with one attached hydrogen (secondary N) is 1. The van der Waals surface area contributed by atoms with Gasteiger partial charge in [0.05, 0.1) is 0 Å². The lowest BCUT2D eigenvalue weighted by Gasteiger charge is -1.97. The number of hydrogen-bond acceptors (Lipinski definition) is 2. The molecule has 0 bridgehead atoms. The van der Waals surface area contributed by atoms with Crippen LogP contribution in [0.3, 0.4) is 0 Å². The van der Waals surface area contributed by atoms with Crippen molar-refractivity contribution in [2.24, 2.45) is 5.84 Å². The fourth-order valence-electron chi connectivity index (χ4n) is 0.504. The molecule has 0 aliphatic heterocycles. The van der Waals surface area contributed by atoms with Gasteiger partial charge in [-0.3, -0.25) is 10.2 Å². The van der Waals surface area contributed by atoms with Gasteiger partial charge in [0.2, 0.25) is 5.91 Å². The normalized spacial score (nSPS) is 12.0. The highest BCUT2D eigenvalue weighted by Crippen LogP contribution is 2.16. The number of carbonyl (C=O) groups excluding carboxylic acids is 1. The van der Waals surface area contributed by atoms with Gasteiger partial charge in [0.15, 0.2) is 0 Å². The summed E-state index contributed by atoms with van der Waals surface area (Å²) in [6, 6.07) is 0. The SMILES string of the molecule is NNC(=O)CCC=CC(F)(F)F. The third-order valence-corrected chi connectivity index (χ3v) is 1.01. The van der Waals surface area contributed by atoms with E-state index in [0.29, 0.717) is 0 Å². The Morgan fingerprint density at radius 2 is 2.08 bits per heavy atom. The predicted octanol–water partition coefficient (Wildman–Crippen LogP) is 0.875. The van der Waals surface area contributed by atoms with E-state index in [9.17, 15) is 18.0 Å². The maximum atomic E-state index is 11.4. The van der Waals surface area contributed by atoms with Gasteiger partial charge in [0.1, 0.15) is 0 Å². The molecule has 0 aromatic rings. The smallest absolute Gasteiger partial charge is 0.294 e. The summed E-state index contributed by atoms with van der Waals surface area (Å²) in [7, 11) is 0. The molecule has 0 aromatic carbocycles. The minimum atomic E-state index is -4.31. The second-order valence-electron chi connectivity index (χ2n) is 2.05. The fraction of sp³-hybridized carbons (Fsp3) is 0.500. The number of alkyl halides is 3. The summed E-state index contributed by atoms with van der Waals surface area (Å²) < 4.78 is 34.3. The van der Waals surface area contributed by atoms with E-state index in [1.807, 2.05) is 5.43 Å². The number of nitrogens with two attached hydrogens (primary N) is 1. The molecule has 6 heteroatoms. The topological polar surface area (TPSA) is 55.1 Å². The molecule has 3 nitrogen and oxygen atoms in total. The van der Waals surface area contributed by atoms with E-state index < -0.39 is 12.1 Å². The van der Waals surface area contributed by atoms with Crippen LogP contribution >= 0.6 is 0 Å². The zero-order valence-corrected chi connectivity index (χ0v) is 6.19. The molecular weight excluding hydrogens is 173 g/mol. The number of allylic oxidation sites excluding steroid dienone is 2. The summed E-state index contributed by atoms with van der Waals surface area (Å²) >= 11 is 0. The third kappa shape index (κ3) is 7.07. The number of amides is 1. The first kappa shape index (κ1) is 11.0. The van der Waals surface area contributed by atoms with Crippen molar-refractivity contribution in [1.82, 2.24) is 5.43 Å². The van der Waals surface area contributed by atoms with Crippen LogP contribution in [0.1, 0.15) is 12.8 Å². The van der Waals surface area contributed by atoms with Crippen LogP contribution < -0.4 is 11.3 Å². The summed E-state index contributed by atoms with van der Waals surface area (Å²) in [4.78, 5) is 10.4. The molecule has 0 saturated heterocycles. The highest BCUT2D eigenvalue weighted by molar-refractivity contribution is 5.75. The number of rotatable bonds is 3. The molecule has 0 radical (unpaired) electrons. The second kappa shape index (κ2) is 4.76. The Balaban J connectivity index is 3.56. The molecule has 0 aliphatic rings. The Morgan fingerprint density at radius 3 is 2.50 bits per heavy atom. The maximum absolute atomic E-state index is 11.4. The average molecular weight is 182 g/mol. The van der Waals surface area contributed by atoms with Gasteiger partial charge in [-0.15, -0.1) is 0 Å². The summed E-state index contributed by atoms with van der Waals surface area (Å²) in [6.07, 6.45) is -3.34. The number of hydrogen-bond donors (Lipinski definition) is 2. The van der Waals surface area contributed by atoms with Gasteiger partial charge in [0.25, 0.3) is 0 Å². The fourth-order valence-corrected chi connectivity index (χ4v) is 0.504. The monoisotopic (exact) mass is 182 g/mol. The van der Waals surface area contributed by atoms with E-state index in [4.69, 9.17) is 5.84 Å². The Hall–Kier alpha value is -1.04. The van der Waals surface area contributed by atoms with Crippen LogP contribution in [0.5, 0.6) is 0 Å². The summed E-state index contributed by atoms with van der Waals surface area (Å²) in [5.41, 5.74) is 1.81. The van der Waals surface area contributed by atoms with E-state index >= 15 is 0 Å². The van der Waals surface area contributed by atoms with Crippen LogP contribution in [0, 0.1) is 0 Å². The molecule has 1 amide bonds. The van der Waals surface area contributed by atoms with Crippen LogP contribution in [0.4, 0.5) is 13.2 Å². The molecule has 0 unspecified atom stereocenters. The largest absolute Gasteiger partial charge is 0.409 e. The molecule has 0 spiro atoms. The van der Waals surface area contributed by atoms with E-state index in [2.05, 4.69) is 0 Å². The van der Waals surface area contributed by atoms with E-state index in [1.54, 1.807) is 0 Å². The molecule has 0 aliphatic carbocycles. The van der Waals surface area contributed by atoms with Gasteiger partial charge in [-0.1, -0.05) is 6.08 Å². The molecule has 12 heavy (non-hydrogen) atoms. The van der Waals surface area contributed by atoms with Crippen molar-refractivity contribution in [3.8, 4) is 0 Å². The first-order valence-corrected chi connectivity index (χ1v) is 3.19. The minimum absolute atomic E-state index is 0.0303. The lowest BCUT2D eigenvalue weighted by atomic mass is 10.3. The van der Waals surface area contributed by atoms with Gasteiger partial charge >= 0.3 is 6.18 Å². The predicted molar refractivity (Wildman–Crippen MR) is 36.8 cm³/mol. The zero-order valence-electron chi connectivity index (χ0n) is 6.19. The highest BCUT2D eigenvalue weighted by Gasteiger charge is 2.21. The first-order valence-electron chi connectivity index (χ1n) is 3.19. The van der Waals surface area contributed by atoms with Crippen LogP contribution in [0.25, 0.3) is 0 Å². The lowest BCUT2D eigenvalue weighted by molar-refractivity contribution is -0.121. The molecule has 0 atom stereocenters. The highest BCUT2D eigenvalue weighted by atomic mass is 19.4. The van der Waals surface area contributed by atoms with Crippen LogP contribution in [-0.2, 0) is 4.79 Å². The number of hydrazine groups is 1. The summed E-state index contributed by atoms with van der Waals surface area (Å²) in [5, 5.41) is 0. The van der Waals surface area contributed by atoms with Gasteiger partial charge < -0.3 is 0 Å². The van der Waals surface area contributed by atoms with Crippen molar-refractivity contribution in [1.29, 1.82) is 0 Å². The maximum Gasteiger partial charge on any atom is 0.409 e. The molecule has 70 valence electrons.